The summed E-state index contributed by atoms with van der Waals surface area (Å²) in [5.74, 6) is 1.81. The second kappa shape index (κ2) is 6.02. The number of nitrogens with one attached hydrogen (secondary N) is 1. The molecule has 0 saturated heterocycles. The number of H-pyrrole nitrogens is 1. The number of aromatic nitrogens is 4. The van der Waals surface area contributed by atoms with Crippen molar-refractivity contribution in [2.24, 2.45) is 0 Å². The van der Waals surface area contributed by atoms with Gasteiger partial charge in [0, 0.05) is 28.1 Å². The molecule has 1 atom stereocenters. The number of hydrogen-bond acceptors (Lipinski definition) is 6. The molecule has 2 aromatic carbocycles. The zero-order valence-electron chi connectivity index (χ0n) is 13.2. The van der Waals surface area contributed by atoms with Crippen molar-refractivity contribution in [3.8, 4) is 5.75 Å². The van der Waals surface area contributed by atoms with Gasteiger partial charge < -0.3 is 9.87 Å². The first-order valence-corrected chi connectivity index (χ1v) is 8.99. The van der Waals surface area contributed by atoms with Gasteiger partial charge in [0.1, 0.15) is 12.1 Å². The first kappa shape index (κ1) is 14.7. The first-order chi connectivity index (χ1) is 12.4. The van der Waals surface area contributed by atoms with E-state index >= 15 is 0 Å². The molecule has 1 unspecified atom stereocenters. The van der Waals surface area contributed by atoms with Gasteiger partial charge in [-0.25, -0.2) is 4.98 Å². The standard InChI is InChI=1S/C18H14N4O2S/c1-3-7-14-13(6-1)16-17(19-14)20-18(22-21-16)25-10-11-9-23-24-15-8-4-2-5-12(11)15/h1-8,11H,9-10H2,(H,19,20,22). The monoisotopic (exact) mass is 350 g/mol. The van der Waals surface area contributed by atoms with Crippen molar-refractivity contribution in [3.05, 3.63) is 54.1 Å². The summed E-state index contributed by atoms with van der Waals surface area (Å²) in [5.41, 5.74) is 3.75. The summed E-state index contributed by atoms with van der Waals surface area (Å²) in [7, 11) is 0. The third kappa shape index (κ3) is 2.61. The predicted octanol–water partition coefficient (Wildman–Crippen LogP) is 3.71. The fourth-order valence-electron chi connectivity index (χ4n) is 3.04. The normalized spacial score (nSPS) is 16.7. The van der Waals surface area contributed by atoms with E-state index in [0.717, 1.165) is 39.1 Å². The van der Waals surface area contributed by atoms with Crippen LogP contribution in [0, 0.1) is 0 Å². The highest BCUT2D eigenvalue weighted by molar-refractivity contribution is 7.99. The van der Waals surface area contributed by atoms with Crippen LogP contribution in [0.5, 0.6) is 5.75 Å². The van der Waals surface area contributed by atoms with Crippen LogP contribution < -0.4 is 4.89 Å². The van der Waals surface area contributed by atoms with E-state index in [1.807, 2.05) is 42.5 Å². The number of thioether (sulfide) groups is 1. The molecule has 0 bridgehead atoms. The van der Waals surface area contributed by atoms with Gasteiger partial charge in [-0.3, -0.25) is 0 Å². The molecule has 6 nitrogen and oxygen atoms in total. The van der Waals surface area contributed by atoms with Crippen molar-refractivity contribution < 1.29 is 9.78 Å². The van der Waals surface area contributed by atoms with E-state index in [-0.39, 0.29) is 5.92 Å². The molecule has 0 saturated carbocycles. The molecular formula is C18H14N4O2S. The zero-order valence-corrected chi connectivity index (χ0v) is 14.0. The van der Waals surface area contributed by atoms with Gasteiger partial charge in [0.25, 0.3) is 0 Å². The third-order valence-electron chi connectivity index (χ3n) is 4.29. The molecule has 1 N–H and O–H groups in total. The number of hydrogen-bond donors (Lipinski definition) is 1. The van der Waals surface area contributed by atoms with Crippen LogP contribution in [0.3, 0.4) is 0 Å². The lowest BCUT2D eigenvalue weighted by Crippen LogP contribution is -2.19. The fraction of sp³-hybridized carbons (Fsp3) is 0.167. The topological polar surface area (TPSA) is 72.9 Å². The number of aromatic amines is 1. The highest BCUT2D eigenvalue weighted by Crippen LogP contribution is 2.34. The zero-order chi connectivity index (χ0) is 16.6. The van der Waals surface area contributed by atoms with Crippen LogP contribution in [-0.4, -0.2) is 32.5 Å². The molecule has 0 fully saturated rings. The maximum atomic E-state index is 5.24. The SMILES string of the molecule is c1ccc2c(c1)OOCC2CSc1nnc2c(n1)[nH]c1ccccc12. The maximum Gasteiger partial charge on any atom is 0.211 e. The molecule has 4 aromatic rings. The van der Waals surface area contributed by atoms with E-state index in [1.54, 1.807) is 11.8 Å². The fourth-order valence-corrected chi connectivity index (χ4v) is 3.92. The molecule has 5 rings (SSSR count). The van der Waals surface area contributed by atoms with Crippen LogP contribution in [0.4, 0.5) is 0 Å². The Kier molecular flexibility index (Phi) is 3.53. The Morgan fingerprint density at radius 1 is 1.08 bits per heavy atom. The minimum atomic E-state index is 0.233. The van der Waals surface area contributed by atoms with Crippen molar-refractivity contribution in [1.82, 2.24) is 20.2 Å². The highest BCUT2D eigenvalue weighted by atomic mass is 32.2. The number of fused-ring (bicyclic) bond motifs is 4. The predicted molar refractivity (Wildman–Crippen MR) is 95.7 cm³/mol. The van der Waals surface area contributed by atoms with E-state index in [1.165, 1.54) is 0 Å². The van der Waals surface area contributed by atoms with Crippen molar-refractivity contribution in [1.29, 1.82) is 0 Å². The summed E-state index contributed by atoms with van der Waals surface area (Å²) in [4.78, 5) is 18.4. The van der Waals surface area contributed by atoms with Crippen LogP contribution in [0.25, 0.3) is 22.1 Å². The molecule has 0 radical (unpaired) electrons. The molecule has 3 heterocycles. The molecule has 25 heavy (non-hydrogen) atoms. The van der Waals surface area contributed by atoms with Gasteiger partial charge in [-0.15, -0.1) is 10.2 Å². The lowest BCUT2D eigenvalue weighted by atomic mass is 10.0. The lowest BCUT2D eigenvalue weighted by Gasteiger charge is -2.23. The molecule has 1 aliphatic heterocycles. The molecule has 7 heteroatoms. The second-order valence-corrected chi connectivity index (χ2v) is 6.86. The largest absolute Gasteiger partial charge is 0.338 e. The Morgan fingerprint density at radius 3 is 2.96 bits per heavy atom. The van der Waals surface area contributed by atoms with Crippen molar-refractivity contribution >= 4 is 33.8 Å². The summed E-state index contributed by atoms with van der Waals surface area (Å²) >= 11 is 1.58. The molecule has 1 aliphatic rings. The van der Waals surface area contributed by atoms with Gasteiger partial charge in [0.05, 0.1) is 0 Å². The van der Waals surface area contributed by atoms with Crippen molar-refractivity contribution in [3.63, 3.8) is 0 Å². The first-order valence-electron chi connectivity index (χ1n) is 8.01. The maximum absolute atomic E-state index is 5.24. The Hall–Kier alpha value is -2.64. The third-order valence-corrected chi connectivity index (χ3v) is 5.29. The average molecular weight is 350 g/mol. The van der Waals surface area contributed by atoms with Crippen molar-refractivity contribution in [2.75, 3.05) is 12.4 Å². The number of para-hydroxylation sites is 2. The van der Waals surface area contributed by atoms with Gasteiger partial charge >= 0.3 is 0 Å². The molecule has 0 amide bonds. The lowest BCUT2D eigenvalue weighted by molar-refractivity contribution is -0.220. The van der Waals surface area contributed by atoms with E-state index in [0.29, 0.717) is 11.8 Å². The summed E-state index contributed by atoms with van der Waals surface area (Å²) in [5, 5.41) is 10.3. The summed E-state index contributed by atoms with van der Waals surface area (Å²) in [6, 6.07) is 16.0. The van der Waals surface area contributed by atoms with E-state index in [9.17, 15) is 0 Å². The minimum absolute atomic E-state index is 0.233. The molecular weight excluding hydrogens is 336 g/mol. The van der Waals surface area contributed by atoms with Crippen molar-refractivity contribution in [2.45, 2.75) is 11.1 Å². The van der Waals surface area contributed by atoms with Gasteiger partial charge in [0.15, 0.2) is 11.4 Å². The van der Waals surface area contributed by atoms with Gasteiger partial charge in [-0.2, -0.15) is 4.89 Å². The molecule has 0 aliphatic carbocycles. The summed E-state index contributed by atoms with van der Waals surface area (Å²) < 4.78 is 0. The Balaban J connectivity index is 1.41. The quantitative estimate of drug-likeness (QED) is 0.449. The molecule has 124 valence electrons. The van der Waals surface area contributed by atoms with E-state index in [4.69, 9.17) is 9.78 Å². The van der Waals surface area contributed by atoms with Crippen LogP contribution >= 0.6 is 11.8 Å². The molecule has 0 spiro atoms. The summed E-state index contributed by atoms with van der Waals surface area (Å²) in [6.07, 6.45) is 0. The Morgan fingerprint density at radius 2 is 1.96 bits per heavy atom. The average Bonchev–Trinajstić information content (AvgIpc) is 3.04. The van der Waals surface area contributed by atoms with Gasteiger partial charge in [0.2, 0.25) is 5.16 Å². The van der Waals surface area contributed by atoms with Gasteiger partial charge in [-0.1, -0.05) is 48.2 Å². The summed E-state index contributed by atoms with van der Waals surface area (Å²) in [6.45, 7) is 0.520. The number of rotatable bonds is 3. The number of nitrogens with zero attached hydrogens (tertiary/aromatic N) is 3. The Bertz CT molecular complexity index is 1070. The Labute approximate surface area is 147 Å². The highest BCUT2D eigenvalue weighted by Gasteiger charge is 2.23. The molecule has 2 aromatic heterocycles. The minimum Gasteiger partial charge on any atom is -0.338 e. The van der Waals surface area contributed by atoms with E-state index < -0.39 is 0 Å². The van der Waals surface area contributed by atoms with Crippen LogP contribution in [-0.2, 0) is 4.89 Å². The van der Waals surface area contributed by atoms with Crippen LogP contribution in [0.15, 0.2) is 53.7 Å². The van der Waals surface area contributed by atoms with E-state index in [2.05, 4.69) is 26.2 Å². The second-order valence-electron chi connectivity index (χ2n) is 5.88. The van der Waals surface area contributed by atoms with Crippen LogP contribution in [0.1, 0.15) is 11.5 Å². The number of benzene rings is 2. The van der Waals surface area contributed by atoms with Gasteiger partial charge in [-0.05, 0) is 12.1 Å². The smallest absolute Gasteiger partial charge is 0.211 e. The van der Waals surface area contributed by atoms with Crippen LogP contribution in [0.2, 0.25) is 0 Å².